The second-order valence-electron chi connectivity index (χ2n) is 11.9. The molecule has 0 fully saturated rings. The molecule has 0 aromatic heterocycles. The number of rotatable bonds is 27. The molecule has 0 rings (SSSR count). The van der Waals surface area contributed by atoms with Crippen LogP contribution in [0.4, 0.5) is 0 Å². The van der Waals surface area contributed by atoms with Crippen LogP contribution in [0.3, 0.4) is 0 Å². The van der Waals surface area contributed by atoms with Crippen molar-refractivity contribution in [1.82, 2.24) is 20.3 Å². The molecule has 0 aromatic carbocycles. The normalized spacial score (nSPS) is 12.7. The van der Waals surface area contributed by atoms with E-state index >= 15 is 0 Å². The van der Waals surface area contributed by atoms with E-state index in [0.717, 1.165) is 38.5 Å². The zero-order valence-corrected chi connectivity index (χ0v) is 28.8. The Morgan fingerprint density at radius 2 is 1.33 bits per heavy atom. The largest absolute Gasteiger partial charge is 0.370 e. The smallest absolute Gasteiger partial charge is 0.336 e. The molecule has 0 radical (unpaired) electrons. The van der Waals surface area contributed by atoms with Crippen molar-refractivity contribution in [2.24, 2.45) is 38.8 Å². The summed E-state index contributed by atoms with van der Waals surface area (Å²) in [6.07, 6.45) is 8.23. The van der Waals surface area contributed by atoms with Gasteiger partial charge in [0.1, 0.15) is 6.04 Å². The lowest BCUT2D eigenvalue weighted by atomic mass is 10.0. The van der Waals surface area contributed by atoms with E-state index in [1.165, 1.54) is 0 Å². The summed E-state index contributed by atoms with van der Waals surface area (Å²) in [5, 5.41) is 8.20. The van der Waals surface area contributed by atoms with Crippen molar-refractivity contribution in [1.29, 1.82) is 0 Å². The highest BCUT2D eigenvalue weighted by Gasteiger charge is 2.33. The summed E-state index contributed by atoms with van der Waals surface area (Å²) in [5.41, 5.74) is 21.2. The van der Waals surface area contributed by atoms with Crippen LogP contribution in [-0.2, 0) is 24.7 Å². The van der Waals surface area contributed by atoms with Crippen LogP contribution in [0.1, 0.15) is 104 Å². The summed E-state index contributed by atoms with van der Waals surface area (Å²) < 4.78 is 35.9. The topological polar surface area (TPSA) is 274 Å². The molecule has 0 aromatic rings. The van der Waals surface area contributed by atoms with Crippen molar-refractivity contribution >= 4 is 39.9 Å². The molecule has 3 amide bonds. The molecule has 0 aliphatic rings. The van der Waals surface area contributed by atoms with Gasteiger partial charge in [-0.3, -0.25) is 28.9 Å². The summed E-state index contributed by atoms with van der Waals surface area (Å²) in [7, 11) is -4.87. The van der Waals surface area contributed by atoms with E-state index in [0.29, 0.717) is 62.6 Å². The number of nitrogens with zero attached hydrogens (tertiary/aromatic N) is 3. The first kappa shape index (κ1) is 42.8. The number of guanidine groups is 2. The number of carbonyl (C=O) groups excluding carboxylic acids is 3. The maximum atomic E-state index is 13.1. The predicted molar refractivity (Wildman–Crippen MR) is 182 cm³/mol. The SMILES string of the molecule is CCCCCCC[C@H](CC(=O)NCCCCCN=C(N)N)N(CC(=O)N[C@@H](CC(C)C)C(=O)NCCCCN=C(N)N)S(=O)(=O)O. The highest BCUT2D eigenvalue weighted by molar-refractivity contribution is 7.83. The van der Waals surface area contributed by atoms with Gasteiger partial charge in [0.2, 0.25) is 17.7 Å². The van der Waals surface area contributed by atoms with Crippen molar-refractivity contribution in [2.45, 2.75) is 116 Å². The standard InChI is InChI=1S/C29H60N10O6S/c1-4-5-6-7-9-14-23(20-25(40)34-15-10-8-11-17-36-28(30)31)39(46(43,44)45)21-26(41)38-24(19-22(2)3)27(42)35-16-12-13-18-37-29(32)33/h22-24H,4-21H2,1-3H3,(H,34,40)(H,35,42)(H,38,41)(H4,30,31,36)(H4,32,33,37)(H,43,44,45)/t23-,24+/m1/s1. The molecule has 2 atom stereocenters. The van der Waals surface area contributed by atoms with Gasteiger partial charge in [0.15, 0.2) is 11.9 Å². The first-order valence-electron chi connectivity index (χ1n) is 16.4. The average Bonchev–Trinajstić information content (AvgIpc) is 2.95. The third-order valence-electron chi connectivity index (χ3n) is 7.05. The van der Waals surface area contributed by atoms with Crippen LogP contribution in [0.5, 0.6) is 0 Å². The number of amides is 3. The van der Waals surface area contributed by atoms with E-state index in [-0.39, 0.29) is 30.7 Å². The van der Waals surface area contributed by atoms with E-state index in [4.69, 9.17) is 22.9 Å². The Morgan fingerprint density at radius 1 is 0.783 bits per heavy atom. The fraction of sp³-hybridized carbons (Fsp3) is 0.828. The van der Waals surface area contributed by atoms with Crippen LogP contribution in [0, 0.1) is 5.92 Å². The highest BCUT2D eigenvalue weighted by atomic mass is 32.2. The molecule has 12 N–H and O–H groups in total. The van der Waals surface area contributed by atoms with Gasteiger partial charge < -0.3 is 38.9 Å². The van der Waals surface area contributed by atoms with Gasteiger partial charge in [0.05, 0.1) is 6.54 Å². The summed E-state index contributed by atoms with van der Waals surface area (Å²) in [6, 6.07) is -1.87. The third kappa shape index (κ3) is 23.2. The summed E-state index contributed by atoms with van der Waals surface area (Å²) in [4.78, 5) is 46.7. The quantitative estimate of drug-likeness (QED) is 0.0258. The Hall–Kier alpha value is -3.18. The van der Waals surface area contributed by atoms with E-state index in [2.05, 4.69) is 32.9 Å². The zero-order valence-electron chi connectivity index (χ0n) is 28.0. The molecule has 0 aliphatic heterocycles. The van der Waals surface area contributed by atoms with E-state index in [1.54, 1.807) is 0 Å². The van der Waals surface area contributed by atoms with Gasteiger partial charge in [-0.2, -0.15) is 12.7 Å². The van der Waals surface area contributed by atoms with Crippen LogP contribution in [-0.4, -0.2) is 91.7 Å². The molecule has 0 aliphatic carbocycles. The molecule has 0 unspecified atom stereocenters. The first-order valence-corrected chi connectivity index (χ1v) is 17.8. The minimum Gasteiger partial charge on any atom is -0.370 e. The maximum absolute atomic E-state index is 13.1. The second kappa shape index (κ2) is 25.0. The third-order valence-corrected chi connectivity index (χ3v) is 8.07. The van der Waals surface area contributed by atoms with Crippen molar-refractivity contribution in [3.05, 3.63) is 0 Å². The van der Waals surface area contributed by atoms with Gasteiger partial charge in [0.25, 0.3) is 0 Å². The predicted octanol–water partition coefficient (Wildman–Crippen LogP) is 0.471. The molecule has 0 spiro atoms. The van der Waals surface area contributed by atoms with E-state index < -0.39 is 46.7 Å². The van der Waals surface area contributed by atoms with Gasteiger partial charge in [-0.05, 0) is 50.9 Å². The fourth-order valence-electron chi connectivity index (χ4n) is 4.73. The number of nitrogens with two attached hydrogens (primary N) is 4. The summed E-state index contributed by atoms with van der Waals surface area (Å²) in [6.45, 7) is 6.75. The van der Waals surface area contributed by atoms with Crippen molar-refractivity contribution < 1.29 is 27.4 Å². The van der Waals surface area contributed by atoms with Gasteiger partial charge in [-0.15, -0.1) is 0 Å². The summed E-state index contributed by atoms with van der Waals surface area (Å²) >= 11 is 0. The van der Waals surface area contributed by atoms with Gasteiger partial charge in [-0.25, -0.2) is 0 Å². The molecule has 0 saturated carbocycles. The van der Waals surface area contributed by atoms with Gasteiger partial charge in [-0.1, -0.05) is 52.9 Å². The van der Waals surface area contributed by atoms with Gasteiger partial charge in [0, 0.05) is 38.6 Å². The van der Waals surface area contributed by atoms with E-state index in [1.807, 2.05) is 13.8 Å². The average molecular weight is 677 g/mol. The van der Waals surface area contributed by atoms with E-state index in [9.17, 15) is 27.4 Å². The number of unbranched alkanes of at least 4 members (excludes halogenated alkanes) is 7. The zero-order chi connectivity index (χ0) is 35.0. The number of nitrogens with one attached hydrogen (secondary N) is 3. The fourth-order valence-corrected chi connectivity index (χ4v) is 5.57. The molecule has 0 heterocycles. The van der Waals surface area contributed by atoms with Crippen molar-refractivity contribution in [2.75, 3.05) is 32.7 Å². The highest BCUT2D eigenvalue weighted by Crippen LogP contribution is 2.18. The number of aliphatic imine (C=N–C) groups is 2. The first-order chi connectivity index (χ1) is 21.7. The van der Waals surface area contributed by atoms with Gasteiger partial charge >= 0.3 is 10.3 Å². The van der Waals surface area contributed by atoms with Crippen LogP contribution in [0.2, 0.25) is 0 Å². The molecule has 0 bridgehead atoms. The van der Waals surface area contributed by atoms with Crippen molar-refractivity contribution in [3.8, 4) is 0 Å². The van der Waals surface area contributed by atoms with Crippen LogP contribution in [0.15, 0.2) is 9.98 Å². The molecular formula is C29H60N10O6S. The molecule has 17 heteroatoms. The second-order valence-corrected chi connectivity index (χ2v) is 13.2. The Bertz CT molecular complexity index is 1050. The molecule has 46 heavy (non-hydrogen) atoms. The Balaban J connectivity index is 5.45. The molecule has 268 valence electrons. The Morgan fingerprint density at radius 3 is 1.89 bits per heavy atom. The van der Waals surface area contributed by atoms with Crippen LogP contribution < -0.4 is 38.9 Å². The number of hydrogen-bond donors (Lipinski definition) is 8. The lowest BCUT2D eigenvalue weighted by molar-refractivity contribution is -0.129. The van der Waals surface area contributed by atoms with Crippen molar-refractivity contribution in [3.63, 3.8) is 0 Å². The monoisotopic (exact) mass is 676 g/mol. The number of carbonyl (C=O) groups is 3. The number of hydrogen-bond acceptors (Lipinski definition) is 7. The Labute approximate surface area is 275 Å². The van der Waals surface area contributed by atoms with Crippen LogP contribution in [0.25, 0.3) is 0 Å². The van der Waals surface area contributed by atoms with Crippen LogP contribution >= 0.6 is 0 Å². The lowest BCUT2D eigenvalue weighted by Gasteiger charge is -2.29. The lowest BCUT2D eigenvalue weighted by Crippen LogP contribution is -2.52. The summed E-state index contributed by atoms with van der Waals surface area (Å²) in [5.74, 6) is -1.50. The minimum absolute atomic E-state index is 0.00523. The Kier molecular flexibility index (Phi) is 23.2. The molecule has 0 saturated heterocycles. The molecular weight excluding hydrogens is 616 g/mol. The molecule has 16 nitrogen and oxygen atoms in total. The minimum atomic E-state index is -4.87. The maximum Gasteiger partial charge on any atom is 0.336 e.